The zero-order chi connectivity index (χ0) is 15.6. The highest BCUT2D eigenvalue weighted by molar-refractivity contribution is 6.32. The number of nitrogens with one attached hydrogen (secondary N) is 1. The quantitative estimate of drug-likeness (QED) is 0.851. The molecule has 2 aromatic heterocycles. The predicted octanol–water partition coefficient (Wildman–Crippen LogP) is 4.03. The maximum atomic E-state index is 5.96. The van der Waals surface area contributed by atoms with Crippen molar-refractivity contribution in [2.45, 2.75) is 51.1 Å². The van der Waals surface area contributed by atoms with Crippen LogP contribution in [0.25, 0.3) is 0 Å². The van der Waals surface area contributed by atoms with E-state index in [2.05, 4.69) is 20.4 Å². The summed E-state index contributed by atoms with van der Waals surface area (Å²) >= 11 is 11.9. The minimum absolute atomic E-state index is 0.238. The van der Waals surface area contributed by atoms with Gasteiger partial charge in [0.05, 0.1) is 5.54 Å². The summed E-state index contributed by atoms with van der Waals surface area (Å²) in [5, 5.41) is 8.55. The SMILES string of the molecule is Cc1nc(C2(NCc3cc(Cl)nc(Cl)c3)CCCCC2)no1. The molecule has 2 heterocycles. The largest absolute Gasteiger partial charge is 0.340 e. The minimum Gasteiger partial charge on any atom is -0.340 e. The predicted molar refractivity (Wildman–Crippen MR) is 84.9 cm³/mol. The first-order chi connectivity index (χ1) is 10.6. The molecule has 0 saturated heterocycles. The van der Waals surface area contributed by atoms with Gasteiger partial charge in [-0.05, 0) is 30.5 Å². The third-order valence-electron chi connectivity index (χ3n) is 4.12. The summed E-state index contributed by atoms with van der Waals surface area (Å²) < 4.78 is 5.18. The van der Waals surface area contributed by atoms with Crippen molar-refractivity contribution in [2.75, 3.05) is 0 Å². The second-order valence-electron chi connectivity index (χ2n) is 5.75. The number of hydrogen-bond donors (Lipinski definition) is 1. The Morgan fingerprint density at radius 2 is 1.82 bits per heavy atom. The van der Waals surface area contributed by atoms with Gasteiger partial charge >= 0.3 is 0 Å². The fourth-order valence-electron chi connectivity index (χ4n) is 3.02. The molecule has 0 aromatic carbocycles. The molecule has 2 aromatic rings. The molecule has 1 aliphatic carbocycles. The lowest BCUT2D eigenvalue weighted by Crippen LogP contribution is -2.44. The molecular formula is C15H18Cl2N4O. The Morgan fingerprint density at radius 3 is 2.41 bits per heavy atom. The van der Waals surface area contributed by atoms with E-state index >= 15 is 0 Å². The molecule has 0 unspecified atom stereocenters. The van der Waals surface area contributed by atoms with Crippen LogP contribution in [-0.4, -0.2) is 15.1 Å². The highest BCUT2D eigenvalue weighted by atomic mass is 35.5. The second-order valence-corrected chi connectivity index (χ2v) is 6.53. The van der Waals surface area contributed by atoms with E-state index in [4.69, 9.17) is 27.7 Å². The molecule has 1 fully saturated rings. The standard InChI is InChI=1S/C15H18Cl2N4O/c1-10-19-14(21-22-10)15(5-3-2-4-6-15)18-9-11-7-12(16)20-13(17)8-11/h7-8,18H,2-6,9H2,1H3. The molecule has 0 bridgehead atoms. The molecule has 7 heteroatoms. The number of rotatable bonds is 4. The van der Waals surface area contributed by atoms with E-state index in [0.717, 1.165) is 37.1 Å². The molecule has 22 heavy (non-hydrogen) atoms. The summed E-state index contributed by atoms with van der Waals surface area (Å²) in [7, 11) is 0. The monoisotopic (exact) mass is 340 g/mol. The Morgan fingerprint density at radius 1 is 1.14 bits per heavy atom. The van der Waals surface area contributed by atoms with Crippen LogP contribution in [0.2, 0.25) is 10.3 Å². The van der Waals surface area contributed by atoms with Crippen LogP contribution in [-0.2, 0) is 12.1 Å². The van der Waals surface area contributed by atoms with Gasteiger partial charge in [-0.15, -0.1) is 0 Å². The molecular weight excluding hydrogens is 323 g/mol. The molecule has 0 radical (unpaired) electrons. The second kappa shape index (κ2) is 6.52. The van der Waals surface area contributed by atoms with E-state index in [1.165, 1.54) is 6.42 Å². The van der Waals surface area contributed by atoms with Crippen molar-refractivity contribution in [3.05, 3.63) is 39.7 Å². The molecule has 1 saturated carbocycles. The van der Waals surface area contributed by atoms with Gasteiger partial charge in [0.2, 0.25) is 5.89 Å². The smallest absolute Gasteiger partial charge is 0.223 e. The average molecular weight is 341 g/mol. The number of aryl methyl sites for hydroxylation is 1. The first kappa shape index (κ1) is 15.7. The molecule has 0 atom stereocenters. The first-order valence-corrected chi connectivity index (χ1v) is 8.21. The Bertz CT molecular complexity index is 632. The normalized spacial score (nSPS) is 17.6. The van der Waals surface area contributed by atoms with Crippen molar-refractivity contribution in [3.63, 3.8) is 0 Å². The molecule has 1 N–H and O–H groups in total. The molecule has 3 rings (SSSR count). The highest BCUT2D eigenvalue weighted by Gasteiger charge is 2.37. The summed E-state index contributed by atoms with van der Waals surface area (Å²) in [4.78, 5) is 8.42. The van der Waals surface area contributed by atoms with Crippen LogP contribution in [0, 0.1) is 6.92 Å². The van der Waals surface area contributed by atoms with E-state index in [-0.39, 0.29) is 5.54 Å². The maximum Gasteiger partial charge on any atom is 0.223 e. The van der Waals surface area contributed by atoms with Crippen LogP contribution in [0.4, 0.5) is 0 Å². The number of hydrogen-bond acceptors (Lipinski definition) is 5. The third kappa shape index (κ3) is 3.42. The number of aromatic nitrogens is 3. The Labute approximate surface area is 139 Å². The lowest BCUT2D eigenvalue weighted by molar-refractivity contribution is 0.211. The van der Waals surface area contributed by atoms with Gasteiger partial charge in [0.15, 0.2) is 5.82 Å². The lowest BCUT2D eigenvalue weighted by atomic mass is 9.81. The number of pyridine rings is 1. The number of nitrogens with zero attached hydrogens (tertiary/aromatic N) is 3. The highest BCUT2D eigenvalue weighted by Crippen LogP contribution is 2.36. The van der Waals surface area contributed by atoms with Gasteiger partial charge in [0, 0.05) is 13.5 Å². The van der Waals surface area contributed by atoms with Gasteiger partial charge in [0.1, 0.15) is 10.3 Å². The fraction of sp³-hybridized carbons (Fsp3) is 0.533. The van der Waals surface area contributed by atoms with Crippen molar-refractivity contribution in [1.82, 2.24) is 20.4 Å². The molecule has 0 amide bonds. The van der Waals surface area contributed by atoms with E-state index in [1.54, 1.807) is 0 Å². The van der Waals surface area contributed by atoms with Crippen molar-refractivity contribution in [3.8, 4) is 0 Å². The van der Waals surface area contributed by atoms with E-state index in [0.29, 0.717) is 22.7 Å². The van der Waals surface area contributed by atoms with Gasteiger partial charge in [-0.3, -0.25) is 0 Å². The minimum atomic E-state index is -0.238. The van der Waals surface area contributed by atoms with Crippen LogP contribution in [0.1, 0.15) is 49.4 Å². The van der Waals surface area contributed by atoms with Crippen LogP contribution >= 0.6 is 23.2 Å². The Balaban J connectivity index is 1.81. The topological polar surface area (TPSA) is 63.8 Å². The summed E-state index contributed by atoms with van der Waals surface area (Å²) in [6, 6.07) is 3.64. The van der Waals surface area contributed by atoms with Crippen LogP contribution in [0.5, 0.6) is 0 Å². The van der Waals surface area contributed by atoms with E-state index in [1.807, 2.05) is 19.1 Å². The summed E-state index contributed by atoms with van der Waals surface area (Å²) in [6.45, 7) is 2.45. The average Bonchev–Trinajstić information content (AvgIpc) is 2.92. The van der Waals surface area contributed by atoms with Gasteiger partial charge in [0.25, 0.3) is 0 Å². The summed E-state index contributed by atoms with van der Waals surface area (Å²) in [5.74, 6) is 1.34. The first-order valence-electron chi connectivity index (χ1n) is 7.45. The van der Waals surface area contributed by atoms with Crippen LogP contribution in [0.15, 0.2) is 16.7 Å². The molecule has 118 valence electrons. The molecule has 0 spiro atoms. The molecule has 5 nitrogen and oxygen atoms in total. The van der Waals surface area contributed by atoms with Crippen molar-refractivity contribution >= 4 is 23.2 Å². The molecule has 0 aliphatic heterocycles. The third-order valence-corrected chi connectivity index (χ3v) is 4.50. The Hall–Kier alpha value is -1.17. The zero-order valence-electron chi connectivity index (χ0n) is 12.4. The van der Waals surface area contributed by atoms with Gasteiger partial charge in [-0.25, -0.2) is 4.98 Å². The van der Waals surface area contributed by atoms with E-state index < -0.39 is 0 Å². The Kier molecular flexibility index (Phi) is 4.66. The summed E-state index contributed by atoms with van der Waals surface area (Å²) in [6.07, 6.45) is 5.54. The maximum absolute atomic E-state index is 5.96. The molecule has 1 aliphatic rings. The van der Waals surface area contributed by atoms with Gasteiger partial charge in [-0.1, -0.05) is 47.6 Å². The van der Waals surface area contributed by atoms with Gasteiger partial charge in [-0.2, -0.15) is 4.98 Å². The van der Waals surface area contributed by atoms with E-state index in [9.17, 15) is 0 Å². The van der Waals surface area contributed by atoms with Crippen LogP contribution < -0.4 is 5.32 Å². The summed E-state index contributed by atoms with van der Waals surface area (Å²) in [5.41, 5.74) is 0.758. The lowest BCUT2D eigenvalue weighted by Gasteiger charge is -2.35. The van der Waals surface area contributed by atoms with Crippen molar-refractivity contribution in [1.29, 1.82) is 0 Å². The van der Waals surface area contributed by atoms with Crippen molar-refractivity contribution < 1.29 is 4.52 Å². The zero-order valence-corrected chi connectivity index (χ0v) is 13.9. The fourth-order valence-corrected chi connectivity index (χ4v) is 3.52. The number of halogens is 2. The van der Waals surface area contributed by atoms with Crippen LogP contribution in [0.3, 0.4) is 0 Å². The van der Waals surface area contributed by atoms with Crippen molar-refractivity contribution in [2.24, 2.45) is 0 Å². The van der Waals surface area contributed by atoms with Gasteiger partial charge < -0.3 is 9.84 Å².